The van der Waals surface area contributed by atoms with Crippen LogP contribution in [0.15, 0.2) is 30.3 Å². The van der Waals surface area contributed by atoms with Gasteiger partial charge in [0.1, 0.15) is 5.02 Å². The van der Waals surface area contributed by atoms with Crippen LogP contribution in [0.3, 0.4) is 0 Å². The number of nitrogen functional groups attached to an aromatic ring is 1. The van der Waals surface area contributed by atoms with E-state index < -0.39 is 5.92 Å². The molecule has 0 saturated carbocycles. The van der Waals surface area contributed by atoms with E-state index >= 15 is 0 Å². The number of nitrogens with two attached hydrogens (primary N) is 1. The van der Waals surface area contributed by atoms with Gasteiger partial charge in [-0.05, 0) is 12.0 Å². The van der Waals surface area contributed by atoms with E-state index in [-0.39, 0.29) is 23.0 Å². The van der Waals surface area contributed by atoms with Crippen molar-refractivity contribution in [2.45, 2.75) is 32.6 Å². The first kappa shape index (κ1) is 18.6. The Kier molecular flexibility index (Phi) is 5.78. The predicted molar refractivity (Wildman–Crippen MR) is 99.1 cm³/mol. The molecule has 2 aromatic rings. The maximum absolute atomic E-state index is 12.6. The van der Waals surface area contributed by atoms with Gasteiger partial charge in [-0.2, -0.15) is 9.89 Å². The molecule has 1 aromatic heterocycles. The molecule has 130 valence electrons. The molecule has 1 amide bonds. The van der Waals surface area contributed by atoms with Gasteiger partial charge in [0.05, 0.1) is 11.6 Å². The van der Waals surface area contributed by atoms with E-state index in [0.717, 1.165) is 10.4 Å². The van der Waals surface area contributed by atoms with Crippen molar-refractivity contribution in [3.63, 3.8) is 0 Å². The Morgan fingerprint density at radius 1 is 1.33 bits per heavy atom. The number of nitrogens with one attached hydrogen (secondary N) is 1. The molecule has 0 spiro atoms. The number of rotatable bonds is 5. The van der Waals surface area contributed by atoms with E-state index in [1.54, 1.807) is 0 Å². The van der Waals surface area contributed by atoms with E-state index in [2.05, 4.69) is 10.4 Å². The van der Waals surface area contributed by atoms with Crippen LogP contribution in [-0.2, 0) is 16.6 Å². The summed E-state index contributed by atoms with van der Waals surface area (Å²) in [7, 11) is 0. The summed E-state index contributed by atoms with van der Waals surface area (Å²) in [6.07, 6.45) is 0.540. The van der Waals surface area contributed by atoms with Crippen LogP contribution < -0.4 is 11.2 Å². The molecule has 24 heavy (non-hydrogen) atoms. The van der Waals surface area contributed by atoms with E-state index in [4.69, 9.17) is 29.0 Å². The van der Waals surface area contributed by atoms with Crippen molar-refractivity contribution in [3.05, 3.63) is 46.6 Å². The molecular weight excluding hydrogens is 347 g/mol. The second-order valence-electron chi connectivity index (χ2n) is 6.74. The van der Waals surface area contributed by atoms with Gasteiger partial charge in [0.2, 0.25) is 5.91 Å². The summed E-state index contributed by atoms with van der Waals surface area (Å²) >= 11 is 12.3. The summed E-state index contributed by atoms with van der Waals surface area (Å²) in [4.78, 5) is 13.7. The standard InChI is InChI=1S/C17H22Cl2N4O/c1-17(2,3)14-13(19)15(23(20)22-14)21-16(24)12(10-18)9-11-7-5-4-6-8-11/h4-8,12H,9-10,20H2,1-3H3,(H,21,24). The Morgan fingerprint density at radius 2 is 1.96 bits per heavy atom. The normalized spacial score (nSPS) is 12.9. The lowest BCUT2D eigenvalue weighted by Crippen LogP contribution is -2.28. The Balaban J connectivity index is 2.18. The first-order chi connectivity index (χ1) is 11.2. The fraction of sp³-hybridized carbons (Fsp3) is 0.412. The number of alkyl halides is 1. The summed E-state index contributed by atoms with van der Waals surface area (Å²) in [6, 6.07) is 9.72. The minimum Gasteiger partial charge on any atom is -0.321 e. The highest BCUT2D eigenvalue weighted by molar-refractivity contribution is 6.34. The second-order valence-corrected chi connectivity index (χ2v) is 7.42. The number of aromatic nitrogens is 2. The number of nitrogens with zero attached hydrogens (tertiary/aromatic N) is 2. The van der Waals surface area contributed by atoms with Gasteiger partial charge >= 0.3 is 0 Å². The Morgan fingerprint density at radius 3 is 2.46 bits per heavy atom. The molecular formula is C17H22Cl2N4O. The molecule has 1 aromatic carbocycles. The summed E-state index contributed by atoms with van der Waals surface area (Å²) in [6.45, 7) is 5.93. The Bertz CT molecular complexity index is 707. The van der Waals surface area contributed by atoms with Gasteiger partial charge in [-0.25, -0.2) is 0 Å². The number of benzene rings is 1. The van der Waals surface area contributed by atoms with Crippen LogP contribution in [0, 0.1) is 5.92 Å². The fourth-order valence-electron chi connectivity index (χ4n) is 2.34. The summed E-state index contributed by atoms with van der Waals surface area (Å²) in [5, 5.41) is 7.33. The van der Waals surface area contributed by atoms with Crippen LogP contribution in [0.1, 0.15) is 32.0 Å². The van der Waals surface area contributed by atoms with Crippen molar-refractivity contribution in [2.24, 2.45) is 5.92 Å². The zero-order valence-electron chi connectivity index (χ0n) is 14.0. The zero-order valence-corrected chi connectivity index (χ0v) is 15.5. The molecule has 0 aliphatic heterocycles. The van der Waals surface area contributed by atoms with Crippen LogP contribution in [0.2, 0.25) is 5.02 Å². The van der Waals surface area contributed by atoms with Crippen LogP contribution in [0.25, 0.3) is 0 Å². The number of carbonyl (C=O) groups excluding carboxylic acids is 1. The number of halogens is 2. The highest BCUT2D eigenvalue weighted by atomic mass is 35.5. The van der Waals surface area contributed by atoms with Crippen molar-refractivity contribution in [2.75, 3.05) is 17.0 Å². The molecule has 0 radical (unpaired) electrons. The highest BCUT2D eigenvalue weighted by Gasteiger charge is 2.27. The van der Waals surface area contributed by atoms with E-state index in [1.807, 2.05) is 51.1 Å². The van der Waals surface area contributed by atoms with E-state index in [9.17, 15) is 4.79 Å². The van der Waals surface area contributed by atoms with Gasteiger partial charge in [0.15, 0.2) is 5.82 Å². The first-order valence-corrected chi connectivity index (χ1v) is 8.60. The first-order valence-electron chi connectivity index (χ1n) is 7.69. The fourth-order valence-corrected chi connectivity index (χ4v) is 3.04. The van der Waals surface area contributed by atoms with Gasteiger partial charge < -0.3 is 11.2 Å². The van der Waals surface area contributed by atoms with Crippen LogP contribution in [-0.4, -0.2) is 21.7 Å². The number of hydrogen-bond donors (Lipinski definition) is 2. The third-order valence-corrected chi connectivity index (χ3v) is 4.42. The van der Waals surface area contributed by atoms with Gasteiger partial charge in [-0.3, -0.25) is 4.79 Å². The molecule has 1 unspecified atom stereocenters. The Hall–Kier alpha value is -1.72. The van der Waals surface area contributed by atoms with Crippen LogP contribution in [0.4, 0.5) is 5.82 Å². The van der Waals surface area contributed by atoms with Crippen molar-refractivity contribution in [3.8, 4) is 0 Å². The molecule has 1 atom stereocenters. The minimum atomic E-state index is -0.391. The maximum Gasteiger partial charge on any atom is 0.230 e. The Labute approximate surface area is 152 Å². The average molecular weight is 369 g/mol. The summed E-state index contributed by atoms with van der Waals surface area (Å²) in [5.41, 5.74) is 1.39. The van der Waals surface area contributed by atoms with Crippen molar-refractivity contribution in [1.82, 2.24) is 9.89 Å². The molecule has 0 aliphatic carbocycles. The molecule has 3 N–H and O–H groups in total. The zero-order chi connectivity index (χ0) is 17.9. The summed E-state index contributed by atoms with van der Waals surface area (Å²) in [5.74, 6) is 5.72. The minimum absolute atomic E-state index is 0.198. The highest BCUT2D eigenvalue weighted by Crippen LogP contribution is 2.33. The van der Waals surface area contributed by atoms with Gasteiger partial charge in [-0.15, -0.1) is 11.6 Å². The quantitative estimate of drug-likeness (QED) is 0.625. The van der Waals surface area contributed by atoms with Crippen molar-refractivity contribution in [1.29, 1.82) is 0 Å². The molecule has 0 saturated heterocycles. The maximum atomic E-state index is 12.6. The van der Waals surface area contributed by atoms with Gasteiger partial charge in [-0.1, -0.05) is 62.7 Å². The summed E-state index contributed by atoms with van der Waals surface area (Å²) < 4.78 is 0. The van der Waals surface area contributed by atoms with E-state index in [1.165, 1.54) is 0 Å². The molecule has 7 heteroatoms. The average Bonchev–Trinajstić information content (AvgIpc) is 2.81. The van der Waals surface area contributed by atoms with Gasteiger partial charge in [0, 0.05) is 11.3 Å². The smallest absolute Gasteiger partial charge is 0.230 e. The van der Waals surface area contributed by atoms with Crippen molar-refractivity contribution >= 4 is 34.9 Å². The molecule has 0 fully saturated rings. The lowest BCUT2D eigenvalue weighted by atomic mass is 9.92. The number of amides is 1. The second kappa shape index (κ2) is 7.45. The van der Waals surface area contributed by atoms with Crippen molar-refractivity contribution < 1.29 is 4.79 Å². The number of anilines is 1. The number of carbonyl (C=O) groups is 1. The molecule has 5 nitrogen and oxygen atoms in total. The van der Waals surface area contributed by atoms with E-state index in [0.29, 0.717) is 17.1 Å². The third kappa shape index (κ3) is 4.22. The van der Waals surface area contributed by atoms with Crippen LogP contribution >= 0.6 is 23.2 Å². The predicted octanol–water partition coefficient (Wildman–Crippen LogP) is 3.58. The van der Waals surface area contributed by atoms with Crippen LogP contribution in [0.5, 0.6) is 0 Å². The number of hydrogen-bond acceptors (Lipinski definition) is 3. The lowest BCUT2D eigenvalue weighted by molar-refractivity contribution is -0.119. The molecule has 0 bridgehead atoms. The SMILES string of the molecule is CC(C)(C)c1nn(N)c(NC(=O)C(CCl)Cc2ccccc2)c1Cl. The third-order valence-electron chi connectivity index (χ3n) is 3.69. The molecule has 1 heterocycles. The molecule has 2 rings (SSSR count). The molecule has 0 aliphatic rings. The largest absolute Gasteiger partial charge is 0.321 e. The van der Waals surface area contributed by atoms with Gasteiger partial charge in [0.25, 0.3) is 0 Å². The monoisotopic (exact) mass is 368 g/mol. The lowest BCUT2D eigenvalue weighted by Gasteiger charge is -2.16. The topological polar surface area (TPSA) is 72.9 Å².